The van der Waals surface area contributed by atoms with Crippen molar-refractivity contribution in [3.63, 3.8) is 0 Å². The smallest absolute Gasteiger partial charge is 0.0717 e. The SMILES string of the molecule is ICCCNCCOCc1ccccc1. The fraction of sp³-hybridized carbons (Fsp3) is 0.500. The van der Waals surface area contributed by atoms with Gasteiger partial charge < -0.3 is 10.1 Å². The van der Waals surface area contributed by atoms with Gasteiger partial charge in [-0.3, -0.25) is 0 Å². The van der Waals surface area contributed by atoms with Crippen LogP contribution >= 0.6 is 22.6 Å². The highest BCUT2D eigenvalue weighted by Crippen LogP contribution is 1.99. The van der Waals surface area contributed by atoms with Crippen molar-refractivity contribution in [2.75, 3.05) is 24.1 Å². The molecule has 0 atom stereocenters. The maximum Gasteiger partial charge on any atom is 0.0717 e. The zero-order chi connectivity index (χ0) is 10.8. The van der Waals surface area contributed by atoms with Crippen molar-refractivity contribution in [2.24, 2.45) is 0 Å². The van der Waals surface area contributed by atoms with Gasteiger partial charge in [-0.15, -0.1) is 0 Å². The molecule has 0 fully saturated rings. The van der Waals surface area contributed by atoms with Gasteiger partial charge in [-0.25, -0.2) is 0 Å². The van der Waals surface area contributed by atoms with Gasteiger partial charge in [0.25, 0.3) is 0 Å². The first-order valence-electron chi connectivity index (χ1n) is 5.32. The lowest BCUT2D eigenvalue weighted by atomic mass is 10.2. The molecule has 0 amide bonds. The third kappa shape index (κ3) is 6.87. The first-order chi connectivity index (χ1) is 7.43. The summed E-state index contributed by atoms with van der Waals surface area (Å²) in [7, 11) is 0. The highest BCUT2D eigenvalue weighted by Gasteiger charge is 1.91. The van der Waals surface area contributed by atoms with E-state index in [4.69, 9.17) is 4.74 Å². The number of hydrogen-bond donors (Lipinski definition) is 1. The van der Waals surface area contributed by atoms with Crippen LogP contribution < -0.4 is 5.32 Å². The molecule has 1 rings (SSSR count). The molecular formula is C12H18INO. The molecule has 0 radical (unpaired) electrons. The topological polar surface area (TPSA) is 21.3 Å². The summed E-state index contributed by atoms with van der Waals surface area (Å²) in [5.74, 6) is 0. The van der Waals surface area contributed by atoms with Gasteiger partial charge in [0.15, 0.2) is 0 Å². The summed E-state index contributed by atoms with van der Waals surface area (Å²) in [4.78, 5) is 0. The van der Waals surface area contributed by atoms with E-state index in [1.54, 1.807) is 0 Å². The number of alkyl halides is 1. The van der Waals surface area contributed by atoms with Gasteiger partial charge >= 0.3 is 0 Å². The lowest BCUT2D eigenvalue weighted by Gasteiger charge is -2.05. The van der Waals surface area contributed by atoms with Gasteiger partial charge in [-0.05, 0) is 18.5 Å². The molecule has 1 aromatic rings. The number of halogens is 1. The number of nitrogens with one attached hydrogen (secondary N) is 1. The van der Waals surface area contributed by atoms with Gasteiger partial charge in [0, 0.05) is 11.0 Å². The number of ether oxygens (including phenoxy) is 1. The fourth-order valence-corrected chi connectivity index (χ4v) is 1.61. The molecule has 0 spiro atoms. The molecule has 0 aromatic heterocycles. The lowest BCUT2D eigenvalue weighted by Crippen LogP contribution is -2.21. The van der Waals surface area contributed by atoms with Crippen molar-refractivity contribution in [3.05, 3.63) is 35.9 Å². The monoisotopic (exact) mass is 319 g/mol. The summed E-state index contributed by atoms with van der Waals surface area (Å²) in [6.07, 6.45) is 1.24. The first-order valence-corrected chi connectivity index (χ1v) is 6.84. The largest absolute Gasteiger partial charge is 0.375 e. The van der Waals surface area contributed by atoms with Crippen LogP contribution in [0, 0.1) is 0 Å². The highest BCUT2D eigenvalue weighted by molar-refractivity contribution is 14.1. The number of rotatable bonds is 8. The standard InChI is InChI=1S/C12H18INO/c13-7-4-8-14-9-10-15-11-12-5-2-1-3-6-12/h1-3,5-6,14H,4,7-11H2. The molecule has 15 heavy (non-hydrogen) atoms. The van der Waals surface area contributed by atoms with Crippen molar-refractivity contribution in [2.45, 2.75) is 13.0 Å². The van der Waals surface area contributed by atoms with Crippen LogP contribution in [0.2, 0.25) is 0 Å². The average Bonchev–Trinajstić information content (AvgIpc) is 2.29. The molecule has 0 heterocycles. The van der Waals surface area contributed by atoms with Crippen molar-refractivity contribution >= 4 is 22.6 Å². The van der Waals surface area contributed by atoms with Crippen molar-refractivity contribution < 1.29 is 4.74 Å². The molecule has 1 aromatic carbocycles. The molecule has 2 nitrogen and oxygen atoms in total. The third-order valence-corrected chi connectivity index (χ3v) is 2.78. The quantitative estimate of drug-likeness (QED) is 0.452. The van der Waals surface area contributed by atoms with Crippen LogP contribution in [-0.2, 0) is 11.3 Å². The zero-order valence-corrected chi connectivity index (χ0v) is 11.1. The molecule has 0 saturated heterocycles. The summed E-state index contributed by atoms with van der Waals surface area (Å²) in [5, 5.41) is 3.34. The minimum absolute atomic E-state index is 0.717. The van der Waals surface area contributed by atoms with Crippen LogP contribution in [0.4, 0.5) is 0 Å². The minimum atomic E-state index is 0.717. The molecule has 0 unspecified atom stereocenters. The van der Waals surface area contributed by atoms with Gasteiger partial charge in [-0.2, -0.15) is 0 Å². The second-order valence-electron chi connectivity index (χ2n) is 3.33. The summed E-state index contributed by atoms with van der Waals surface area (Å²) in [6, 6.07) is 10.3. The molecular weight excluding hydrogens is 301 g/mol. The predicted octanol–water partition coefficient (Wildman–Crippen LogP) is 2.62. The normalized spacial score (nSPS) is 10.5. The Bertz CT molecular complexity index is 241. The molecule has 0 saturated carbocycles. The van der Waals surface area contributed by atoms with Crippen molar-refractivity contribution in [1.82, 2.24) is 5.32 Å². The van der Waals surface area contributed by atoms with E-state index in [9.17, 15) is 0 Å². The van der Waals surface area contributed by atoms with E-state index in [2.05, 4.69) is 40.0 Å². The van der Waals surface area contributed by atoms with E-state index in [1.165, 1.54) is 16.4 Å². The Kier molecular flexibility index (Phi) is 7.87. The van der Waals surface area contributed by atoms with Crippen molar-refractivity contribution in [3.8, 4) is 0 Å². The van der Waals surface area contributed by atoms with Crippen LogP contribution in [0.15, 0.2) is 30.3 Å². The average molecular weight is 319 g/mol. The van der Waals surface area contributed by atoms with Crippen LogP contribution in [0.5, 0.6) is 0 Å². The summed E-state index contributed by atoms with van der Waals surface area (Å²) < 4.78 is 6.75. The summed E-state index contributed by atoms with van der Waals surface area (Å²) >= 11 is 2.39. The fourth-order valence-electron chi connectivity index (χ4n) is 1.23. The van der Waals surface area contributed by atoms with E-state index >= 15 is 0 Å². The van der Waals surface area contributed by atoms with Gasteiger partial charge in [0.05, 0.1) is 13.2 Å². The second kappa shape index (κ2) is 9.12. The van der Waals surface area contributed by atoms with E-state index in [0.29, 0.717) is 0 Å². The van der Waals surface area contributed by atoms with Crippen molar-refractivity contribution in [1.29, 1.82) is 0 Å². The molecule has 0 aliphatic heterocycles. The molecule has 3 heteroatoms. The number of benzene rings is 1. The Morgan fingerprint density at radius 3 is 2.67 bits per heavy atom. The zero-order valence-electron chi connectivity index (χ0n) is 8.92. The Hall–Kier alpha value is -0.130. The molecule has 0 bridgehead atoms. The molecule has 0 aliphatic carbocycles. The van der Waals surface area contributed by atoms with Crippen LogP contribution in [-0.4, -0.2) is 24.1 Å². The molecule has 0 aliphatic rings. The van der Waals surface area contributed by atoms with Crippen LogP contribution in [0.25, 0.3) is 0 Å². The van der Waals surface area contributed by atoms with Gasteiger partial charge in [-0.1, -0.05) is 52.9 Å². The first kappa shape index (κ1) is 12.9. The minimum Gasteiger partial charge on any atom is -0.375 e. The van der Waals surface area contributed by atoms with E-state index in [0.717, 1.165) is 26.3 Å². The van der Waals surface area contributed by atoms with Gasteiger partial charge in [0.2, 0.25) is 0 Å². The van der Waals surface area contributed by atoms with E-state index < -0.39 is 0 Å². The number of hydrogen-bond acceptors (Lipinski definition) is 2. The Morgan fingerprint density at radius 1 is 1.13 bits per heavy atom. The predicted molar refractivity (Wildman–Crippen MR) is 72.5 cm³/mol. The van der Waals surface area contributed by atoms with E-state index in [1.807, 2.05) is 18.2 Å². The molecule has 1 N–H and O–H groups in total. The van der Waals surface area contributed by atoms with Gasteiger partial charge in [0.1, 0.15) is 0 Å². The second-order valence-corrected chi connectivity index (χ2v) is 4.41. The third-order valence-electron chi connectivity index (χ3n) is 2.02. The summed E-state index contributed by atoms with van der Waals surface area (Å²) in [5.41, 5.74) is 1.24. The lowest BCUT2D eigenvalue weighted by molar-refractivity contribution is 0.123. The maximum atomic E-state index is 5.54. The van der Waals surface area contributed by atoms with Crippen LogP contribution in [0.1, 0.15) is 12.0 Å². The van der Waals surface area contributed by atoms with Crippen LogP contribution in [0.3, 0.4) is 0 Å². The Morgan fingerprint density at radius 2 is 1.93 bits per heavy atom. The highest BCUT2D eigenvalue weighted by atomic mass is 127. The Labute approximate surface area is 106 Å². The summed E-state index contributed by atoms with van der Waals surface area (Å²) in [6.45, 7) is 3.55. The Balaban J connectivity index is 1.93. The van der Waals surface area contributed by atoms with E-state index in [-0.39, 0.29) is 0 Å². The molecule has 84 valence electrons. The maximum absolute atomic E-state index is 5.54.